The first-order valence-electron chi connectivity index (χ1n) is 8.86. The minimum absolute atomic E-state index is 0.0776. The van der Waals surface area contributed by atoms with E-state index < -0.39 is 0 Å². The Hall–Kier alpha value is -1.84. The molecule has 132 valence electrons. The van der Waals surface area contributed by atoms with E-state index in [-0.39, 0.29) is 11.8 Å². The molecule has 1 heterocycles. The van der Waals surface area contributed by atoms with Crippen molar-refractivity contribution < 1.29 is 4.79 Å². The average molecular weight is 357 g/mol. The van der Waals surface area contributed by atoms with Crippen molar-refractivity contribution in [3.63, 3.8) is 0 Å². The molecule has 0 unspecified atom stereocenters. The van der Waals surface area contributed by atoms with E-state index >= 15 is 0 Å². The summed E-state index contributed by atoms with van der Waals surface area (Å²) in [5, 5.41) is 3.70. The normalized spacial score (nSPS) is 16.0. The van der Waals surface area contributed by atoms with E-state index in [0.29, 0.717) is 5.02 Å². The van der Waals surface area contributed by atoms with Crippen LogP contribution in [0.1, 0.15) is 29.5 Å². The molecule has 0 atom stereocenters. The van der Waals surface area contributed by atoms with E-state index in [9.17, 15) is 4.79 Å². The van der Waals surface area contributed by atoms with Crippen LogP contribution in [0, 0.1) is 19.8 Å². The van der Waals surface area contributed by atoms with Crippen LogP contribution in [0.4, 0.5) is 5.69 Å². The fourth-order valence-corrected chi connectivity index (χ4v) is 3.52. The number of nitrogens with one attached hydrogen (secondary N) is 1. The number of carbonyl (C=O) groups excluding carboxylic acids is 1. The lowest BCUT2D eigenvalue weighted by Gasteiger charge is -2.31. The highest BCUT2D eigenvalue weighted by atomic mass is 35.5. The summed E-state index contributed by atoms with van der Waals surface area (Å²) < 4.78 is 0. The van der Waals surface area contributed by atoms with Crippen molar-refractivity contribution in [3.05, 3.63) is 64.2 Å². The van der Waals surface area contributed by atoms with Crippen molar-refractivity contribution in [3.8, 4) is 0 Å². The summed E-state index contributed by atoms with van der Waals surface area (Å²) >= 11 is 6.13. The van der Waals surface area contributed by atoms with Crippen LogP contribution in [0.5, 0.6) is 0 Å². The molecule has 2 aromatic rings. The monoisotopic (exact) mass is 356 g/mol. The van der Waals surface area contributed by atoms with Crippen molar-refractivity contribution in [1.29, 1.82) is 0 Å². The Bertz CT molecular complexity index is 751. The SMILES string of the molecule is Cc1cccc(CN2CCC(C(=O)Nc3ccc(C)c(Cl)c3)CC2)c1. The Balaban J connectivity index is 1.51. The highest BCUT2D eigenvalue weighted by molar-refractivity contribution is 6.31. The molecule has 0 spiro atoms. The van der Waals surface area contributed by atoms with Gasteiger partial charge in [-0.05, 0) is 63.0 Å². The van der Waals surface area contributed by atoms with E-state index in [1.54, 1.807) is 0 Å². The number of halogens is 1. The first-order chi connectivity index (χ1) is 12.0. The average Bonchev–Trinajstić information content (AvgIpc) is 2.59. The summed E-state index contributed by atoms with van der Waals surface area (Å²) in [5.74, 6) is 0.184. The number of nitrogens with zero attached hydrogens (tertiary/aromatic N) is 1. The van der Waals surface area contributed by atoms with Gasteiger partial charge in [-0.3, -0.25) is 9.69 Å². The third-order valence-electron chi connectivity index (χ3n) is 4.89. The Morgan fingerprint density at radius 1 is 1.16 bits per heavy atom. The second kappa shape index (κ2) is 8.03. The van der Waals surface area contributed by atoms with Gasteiger partial charge in [0.2, 0.25) is 5.91 Å². The summed E-state index contributed by atoms with van der Waals surface area (Å²) in [7, 11) is 0. The predicted molar refractivity (Wildman–Crippen MR) is 104 cm³/mol. The molecule has 0 aromatic heterocycles. The molecular formula is C21H25ClN2O. The molecular weight excluding hydrogens is 332 g/mol. The lowest BCUT2D eigenvalue weighted by atomic mass is 9.95. The van der Waals surface area contributed by atoms with Gasteiger partial charge in [-0.25, -0.2) is 0 Å². The van der Waals surface area contributed by atoms with Crippen LogP contribution in [-0.4, -0.2) is 23.9 Å². The van der Waals surface area contributed by atoms with Crippen LogP contribution in [0.3, 0.4) is 0 Å². The number of hydrogen-bond acceptors (Lipinski definition) is 2. The largest absolute Gasteiger partial charge is 0.326 e. The van der Waals surface area contributed by atoms with Gasteiger partial charge in [0.25, 0.3) is 0 Å². The number of benzene rings is 2. The van der Waals surface area contributed by atoms with Crippen LogP contribution in [0.15, 0.2) is 42.5 Å². The molecule has 1 aliphatic heterocycles. The molecule has 1 fully saturated rings. The molecule has 2 aromatic carbocycles. The highest BCUT2D eigenvalue weighted by Crippen LogP contribution is 2.23. The van der Waals surface area contributed by atoms with E-state index in [1.807, 2.05) is 25.1 Å². The van der Waals surface area contributed by atoms with E-state index in [2.05, 4.69) is 41.4 Å². The Labute approximate surface area is 155 Å². The number of carbonyl (C=O) groups is 1. The minimum Gasteiger partial charge on any atom is -0.326 e. The molecule has 0 radical (unpaired) electrons. The van der Waals surface area contributed by atoms with Crippen LogP contribution in [0.2, 0.25) is 5.02 Å². The minimum atomic E-state index is 0.0776. The number of likely N-dealkylation sites (tertiary alicyclic amines) is 1. The first kappa shape index (κ1) is 18.0. The maximum Gasteiger partial charge on any atom is 0.227 e. The van der Waals surface area contributed by atoms with Gasteiger partial charge >= 0.3 is 0 Å². The van der Waals surface area contributed by atoms with E-state index in [4.69, 9.17) is 11.6 Å². The van der Waals surface area contributed by atoms with Crippen LogP contribution >= 0.6 is 11.6 Å². The molecule has 4 heteroatoms. The summed E-state index contributed by atoms with van der Waals surface area (Å²) in [6.45, 7) is 6.96. The fraction of sp³-hybridized carbons (Fsp3) is 0.381. The summed E-state index contributed by atoms with van der Waals surface area (Å²) in [5.41, 5.74) is 4.44. The van der Waals surface area contributed by atoms with Gasteiger partial charge in [0.15, 0.2) is 0 Å². The quantitative estimate of drug-likeness (QED) is 0.852. The molecule has 1 amide bonds. The lowest BCUT2D eigenvalue weighted by molar-refractivity contribution is -0.121. The van der Waals surface area contributed by atoms with E-state index in [0.717, 1.165) is 43.7 Å². The van der Waals surface area contributed by atoms with Gasteiger partial charge < -0.3 is 5.32 Å². The molecule has 3 nitrogen and oxygen atoms in total. The fourth-order valence-electron chi connectivity index (χ4n) is 3.34. The Morgan fingerprint density at radius 3 is 2.60 bits per heavy atom. The van der Waals surface area contributed by atoms with Crippen LogP contribution in [0.25, 0.3) is 0 Å². The summed E-state index contributed by atoms with van der Waals surface area (Å²) in [6, 6.07) is 14.3. The number of rotatable bonds is 4. The van der Waals surface area contributed by atoms with Crippen molar-refractivity contribution in [1.82, 2.24) is 4.90 Å². The maximum atomic E-state index is 12.5. The number of aryl methyl sites for hydroxylation is 2. The van der Waals surface area contributed by atoms with Crippen LogP contribution < -0.4 is 5.32 Å². The molecule has 1 N–H and O–H groups in total. The smallest absolute Gasteiger partial charge is 0.227 e. The zero-order valence-electron chi connectivity index (χ0n) is 14.9. The van der Waals surface area contributed by atoms with Gasteiger partial charge in [0.05, 0.1) is 0 Å². The van der Waals surface area contributed by atoms with E-state index in [1.165, 1.54) is 11.1 Å². The standard InChI is InChI=1S/C21H25ClN2O/c1-15-4-3-5-17(12-15)14-24-10-8-18(9-11-24)21(25)23-19-7-6-16(2)20(22)13-19/h3-7,12-13,18H,8-11,14H2,1-2H3,(H,23,25). The van der Waals surface area contributed by atoms with Crippen molar-refractivity contribution in [2.24, 2.45) is 5.92 Å². The molecule has 1 saturated heterocycles. The second-order valence-corrected chi connectivity index (χ2v) is 7.40. The topological polar surface area (TPSA) is 32.3 Å². The number of hydrogen-bond donors (Lipinski definition) is 1. The molecule has 0 bridgehead atoms. The van der Waals surface area contributed by atoms with Gasteiger partial charge in [0, 0.05) is 23.2 Å². The van der Waals surface area contributed by atoms with Crippen molar-refractivity contribution in [2.45, 2.75) is 33.2 Å². The predicted octanol–water partition coefficient (Wildman–Crippen LogP) is 4.81. The zero-order valence-corrected chi connectivity index (χ0v) is 15.6. The Morgan fingerprint density at radius 2 is 1.92 bits per heavy atom. The molecule has 3 rings (SSSR count). The molecule has 0 aliphatic carbocycles. The summed E-state index contributed by atoms with van der Waals surface area (Å²) in [4.78, 5) is 14.9. The van der Waals surface area contributed by atoms with Gasteiger partial charge in [-0.2, -0.15) is 0 Å². The molecule has 0 saturated carbocycles. The molecule has 25 heavy (non-hydrogen) atoms. The zero-order chi connectivity index (χ0) is 17.8. The second-order valence-electron chi connectivity index (χ2n) is 6.99. The third-order valence-corrected chi connectivity index (χ3v) is 5.29. The van der Waals surface area contributed by atoms with Gasteiger partial charge in [0.1, 0.15) is 0 Å². The number of anilines is 1. The van der Waals surface area contributed by atoms with Crippen molar-refractivity contribution in [2.75, 3.05) is 18.4 Å². The van der Waals surface area contributed by atoms with Gasteiger partial charge in [-0.1, -0.05) is 47.5 Å². The third kappa shape index (κ3) is 4.83. The summed E-state index contributed by atoms with van der Waals surface area (Å²) in [6.07, 6.45) is 1.80. The van der Waals surface area contributed by atoms with Crippen molar-refractivity contribution >= 4 is 23.2 Å². The van der Waals surface area contributed by atoms with Gasteiger partial charge in [-0.15, -0.1) is 0 Å². The Kier molecular flexibility index (Phi) is 5.77. The number of amides is 1. The van der Waals surface area contributed by atoms with Crippen LogP contribution in [-0.2, 0) is 11.3 Å². The first-order valence-corrected chi connectivity index (χ1v) is 9.24. The highest BCUT2D eigenvalue weighted by Gasteiger charge is 2.25. The number of piperidine rings is 1. The molecule has 1 aliphatic rings. The maximum absolute atomic E-state index is 12.5. The lowest BCUT2D eigenvalue weighted by Crippen LogP contribution is -2.37.